The number of carbonyl (C=O) groups is 2. The van der Waals surface area contributed by atoms with Gasteiger partial charge in [0.25, 0.3) is 0 Å². The third-order valence-corrected chi connectivity index (χ3v) is 4.60. The van der Waals surface area contributed by atoms with Crippen molar-refractivity contribution in [1.82, 2.24) is 19.6 Å². The second-order valence-electron chi connectivity index (χ2n) is 5.11. The molecule has 0 saturated carbocycles. The van der Waals surface area contributed by atoms with Gasteiger partial charge in [-0.05, 0) is 36.7 Å². The Bertz CT molecular complexity index is 778. The Kier molecular flexibility index (Phi) is 4.88. The first-order chi connectivity index (χ1) is 10.8. The van der Waals surface area contributed by atoms with Gasteiger partial charge >= 0.3 is 5.97 Å². The molecule has 1 amide bonds. The van der Waals surface area contributed by atoms with Crippen LogP contribution < -0.4 is 5.32 Å². The van der Waals surface area contributed by atoms with Crippen molar-refractivity contribution in [3.05, 3.63) is 27.2 Å². The summed E-state index contributed by atoms with van der Waals surface area (Å²) in [7, 11) is 2.90. The third kappa shape index (κ3) is 3.29. The molecule has 0 aliphatic heterocycles. The number of nitrogens with zero attached hydrogens (tertiary/aromatic N) is 4. The predicted octanol–water partition coefficient (Wildman–Crippen LogP) is 1.73. The van der Waals surface area contributed by atoms with Crippen molar-refractivity contribution < 1.29 is 14.3 Å². The molecule has 0 atom stereocenters. The van der Waals surface area contributed by atoms with E-state index in [9.17, 15) is 9.59 Å². The molecule has 0 unspecified atom stereocenters. The number of aromatic nitrogens is 4. The maximum atomic E-state index is 12.3. The molecule has 2 aromatic heterocycles. The van der Waals surface area contributed by atoms with E-state index in [4.69, 9.17) is 4.74 Å². The Morgan fingerprint density at radius 2 is 1.87 bits per heavy atom. The van der Waals surface area contributed by atoms with Crippen LogP contribution in [0.25, 0.3) is 0 Å². The van der Waals surface area contributed by atoms with Crippen LogP contribution in [0.5, 0.6) is 0 Å². The molecule has 23 heavy (non-hydrogen) atoms. The normalized spacial score (nSPS) is 10.7. The summed E-state index contributed by atoms with van der Waals surface area (Å²) in [5.41, 5.74) is 2.76. The van der Waals surface area contributed by atoms with E-state index in [-0.39, 0.29) is 18.1 Å². The first-order valence-electron chi connectivity index (χ1n) is 6.87. The maximum Gasteiger partial charge on any atom is 0.358 e. The lowest BCUT2D eigenvalue weighted by atomic mass is 10.3. The fourth-order valence-corrected chi connectivity index (χ4v) is 2.57. The lowest BCUT2D eigenvalue weighted by molar-refractivity contribution is -0.116. The molecule has 0 aliphatic rings. The van der Waals surface area contributed by atoms with E-state index in [1.807, 2.05) is 13.8 Å². The molecule has 2 rings (SSSR count). The molecule has 0 saturated heterocycles. The van der Waals surface area contributed by atoms with Crippen LogP contribution in [-0.2, 0) is 23.1 Å². The van der Waals surface area contributed by atoms with E-state index in [0.717, 1.165) is 15.9 Å². The van der Waals surface area contributed by atoms with Crippen LogP contribution in [0.4, 0.5) is 5.69 Å². The van der Waals surface area contributed by atoms with Gasteiger partial charge in [-0.1, -0.05) is 0 Å². The summed E-state index contributed by atoms with van der Waals surface area (Å²) in [5.74, 6) is -0.860. The molecular formula is C14H18BrN5O3. The Hall–Kier alpha value is -2.16. The third-order valence-electron chi connectivity index (χ3n) is 3.45. The van der Waals surface area contributed by atoms with Crippen molar-refractivity contribution in [1.29, 1.82) is 0 Å². The van der Waals surface area contributed by atoms with E-state index < -0.39 is 5.97 Å². The first-order valence-corrected chi connectivity index (χ1v) is 7.66. The average Bonchev–Trinajstić information content (AvgIpc) is 2.89. The minimum absolute atomic E-state index is 0.0349. The van der Waals surface area contributed by atoms with Crippen LogP contribution in [0, 0.1) is 20.8 Å². The van der Waals surface area contributed by atoms with E-state index >= 15 is 0 Å². The molecule has 1 N–H and O–H groups in total. The number of nitrogens with one attached hydrogen (secondary N) is 1. The molecule has 0 aromatic carbocycles. The van der Waals surface area contributed by atoms with Gasteiger partial charge in [0.2, 0.25) is 5.91 Å². The molecule has 124 valence electrons. The SMILES string of the molecule is COC(=O)c1c(NC(=O)Cn2nc(C)c(Br)c2C)c(C)nn1C. The smallest absolute Gasteiger partial charge is 0.358 e. The fourth-order valence-electron chi connectivity index (χ4n) is 2.28. The van der Waals surface area contributed by atoms with Gasteiger partial charge < -0.3 is 10.1 Å². The zero-order chi connectivity index (χ0) is 17.3. The van der Waals surface area contributed by atoms with Gasteiger partial charge in [0.15, 0.2) is 5.69 Å². The molecule has 9 heteroatoms. The Morgan fingerprint density at radius 1 is 1.22 bits per heavy atom. The largest absolute Gasteiger partial charge is 0.464 e. The van der Waals surface area contributed by atoms with Crippen molar-refractivity contribution in [3.8, 4) is 0 Å². The lowest BCUT2D eigenvalue weighted by Gasteiger charge is -2.08. The molecule has 0 bridgehead atoms. The summed E-state index contributed by atoms with van der Waals surface area (Å²) >= 11 is 3.42. The molecule has 8 nitrogen and oxygen atoms in total. The fraction of sp³-hybridized carbons (Fsp3) is 0.429. The zero-order valence-electron chi connectivity index (χ0n) is 13.6. The summed E-state index contributed by atoms with van der Waals surface area (Å²) in [5, 5.41) is 11.2. The number of methoxy groups -OCH3 is 1. The van der Waals surface area contributed by atoms with Gasteiger partial charge in [-0.25, -0.2) is 4.79 Å². The number of hydrogen-bond donors (Lipinski definition) is 1. The number of aryl methyl sites for hydroxylation is 3. The molecule has 0 radical (unpaired) electrons. The Labute approximate surface area is 141 Å². The highest BCUT2D eigenvalue weighted by Crippen LogP contribution is 2.22. The van der Waals surface area contributed by atoms with Gasteiger partial charge in [-0.2, -0.15) is 10.2 Å². The number of amides is 1. The van der Waals surface area contributed by atoms with Crippen LogP contribution >= 0.6 is 15.9 Å². The second kappa shape index (κ2) is 6.53. The van der Waals surface area contributed by atoms with Gasteiger partial charge in [0, 0.05) is 7.05 Å². The van der Waals surface area contributed by atoms with Crippen molar-refractivity contribution in [2.75, 3.05) is 12.4 Å². The van der Waals surface area contributed by atoms with Crippen LogP contribution in [-0.4, -0.2) is 38.5 Å². The number of halogens is 1. The molecule has 0 aliphatic carbocycles. The van der Waals surface area contributed by atoms with E-state index in [1.165, 1.54) is 11.8 Å². The van der Waals surface area contributed by atoms with E-state index in [1.54, 1.807) is 18.7 Å². The van der Waals surface area contributed by atoms with Crippen LogP contribution in [0.1, 0.15) is 27.6 Å². The van der Waals surface area contributed by atoms with Crippen LogP contribution in [0.2, 0.25) is 0 Å². The highest BCUT2D eigenvalue weighted by molar-refractivity contribution is 9.10. The summed E-state index contributed by atoms with van der Waals surface area (Å²) in [6.07, 6.45) is 0. The van der Waals surface area contributed by atoms with Crippen molar-refractivity contribution in [2.24, 2.45) is 7.05 Å². The predicted molar refractivity (Wildman–Crippen MR) is 87.3 cm³/mol. The second-order valence-corrected chi connectivity index (χ2v) is 5.91. The number of esters is 1. The number of rotatable bonds is 4. The van der Waals surface area contributed by atoms with Crippen molar-refractivity contribution >= 4 is 33.5 Å². The van der Waals surface area contributed by atoms with Gasteiger partial charge in [0.1, 0.15) is 6.54 Å². The highest BCUT2D eigenvalue weighted by atomic mass is 79.9. The topological polar surface area (TPSA) is 91.0 Å². The van der Waals surface area contributed by atoms with E-state index in [0.29, 0.717) is 11.4 Å². The number of anilines is 1. The summed E-state index contributed by atoms with van der Waals surface area (Å²) in [6, 6.07) is 0. The van der Waals surface area contributed by atoms with E-state index in [2.05, 4.69) is 31.4 Å². The number of carbonyl (C=O) groups excluding carboxylic acids is 2. The van der Waals surface area contributed by atoms with Gasteiger partial charge in [-0.15, -0.1) is 0 Å². The maximum absolute atomic E-state index is 12.3. The Morgan fingerprint density at radius 3 is 2.39 bits per heavy atom. The number of hydrogen-bond acceptors (Lipinski definition) is 5. The molecule has 0 fully saturated rings. The quantitative estimate of drug-likeness (QED) is 0.811. The van der Waals surface area contributed by atoms with Crippen molar-refractivity contribution in [2.45, 2.75) is 27.3 Å². The number of ether oxygens (including phenoxy) is 1. The summed E-state index contributed by atoms with van der Waals surface area (Å²) < 4.78 is 8.59. The minimum atomic E-state index is -0.558. The summed E-state index contributed by atoms with van der Waals surface area (Å²) in [6.45, 7) is 5.47. The zero-order valence-corrected chi connectivity index (χ0v) is 15.2. The lowest BCUT2D eigenvalue weighted by Crippen LogP contribution is -2.22. The minimum Gasteiger partial charge on any atom is -0.464 e. The molecule has 2 heterocycles. The van der Waals surface area contributed by atoms with Gasteiger partial charge in [-0.3, -0.25) is 14.2 Å². The molecular weight excluding hydrogens is 366 g/mol. The monoisotopic (exact) mass is 383 g/mol. The van der Waals surface area contributed by atoms with Crippen LogP contribution in [0.15, 0.2) is 4.47 Å². The standard InChI is InChI=1S/C14H18BrN5O3/c1-7-11(15)9(3)20(18-7)6-10(21)16-12-8(2)17-19(4)13(12)14(22)23-5/h6H2,1-5H3,(H,16,21). The highest BCUT2D eigenvalue weighted by Gasteiger charge is 2.23. The summed E-state index contributed by atoms with van der Waals surface area (Å²) in [4.78, 5) is 24.2. The Balaban J connectivity index is 2.24. The molecule has 2 aromatic rings. The molecule has 0 spiro atoms. The average molecular weight is 384 g/mol. The van der Waals surface area contributed by atoms with Gasteiger partial charge in [0.05, 0.1) is 34.4 Å². The first kappa shape index (κ1) is 17.2. The van der Waals surface area contributed by atoms with Crippen LogP contribution in [0.3, 0.4) is 0 Å². The van der Waals surface area contributed by atoms with Crippen molar-refractivity contribution in [3.63, 3.8) is 0 Å².